The zero-order chi connectivity index (χ0) is 12.7. The second-order valence-corrected chi connectivity index (χ2v) is 4.20. The van der Waals surface area contributed by atoms with Crippen molar-refractivity contribution in [2.24, 2.45) is 0 Å². The van der Waals surface area contributed by atoms with Crippen molar-refractivity contribution in [3.05, 3.63) is 47.9 Å². The number of aromatic nitrogens is 2. The molecular formula is C14H11FN2O. The van der Waals surface area contributed by atoms with Gasteiger partial charge in [0.1, 0.15) is 17.3 Å². The number of nitrogens with one attached hydrogen (secondary N) is 1. The van der Waals surface area contributed by atoms with Gasteiger partial charge in [-0.3, -0.25) is 0 Å². The standard InChI is InChI=1S/C14H11FN2O/c1-8-5-6-13(18)14(16-8)12-7-9-10(15)3-2-4-11(9)17-12/h2-7,17-18H,1H3. The molecule has 0 atom stereocenters. The summed E-state index contributed by atoms with van der Waals surface area (Å²) in [5.41, 5.74) is 2.52. The van der Waals surface area contributed by atoms with Crippen LogP contribution >= 0.6 is 0 Å². The molecule has 2 N–H and O–H groups in total. The van der Waals surface area contributed by atoms with Crippen LogP contribution in [0, 0.1) is 12.7 Å². The molecule has 0 amide bonds. The fourth-order valence-electron chi connectivity index (χ4n) is 1.99. The minimum absolute atomic E-state index is 0.0764. The average Bonchev–Trinajstić information content (AvgIpc) is 2.77. The van der Waals surface area contributed by atoms with Gasteiger partial charge in [-0.1, -0.05) is 6.07 Å². The van der Waals surface area contributed by atoms with Gasteiger partial charge in [-0.25, -0.2) is 9.37 Å². The van der Waals surface area contributed by atoms with Crippen LogP contribution in [0.15, 0.2) is 36.4 Å². The van der Waals surface area contributed by atoms with E-state index in [0.717, 1.165) is 5.69 Å². The van der Waals surface area contributed by atoms with Crippen LogP contribution in [0.2, 0.25) is 0 Å². The maximum Gasteiger partial charge on any atom is 0.143 e. The molecule has 1 aromatic carbocycles. The Morgan fingerprint density at radius 3 is 2.83 bits per heavy atom. The van der Waals surface area contributed by atoms with Gasteiger partial charge < -0.3 is 10.1 Å². The third-order valence-corrected chi connectivity index (χ3v) is 2.88. The van der Waals surface area contributed by atoms with Crippen LogP contribution in [0.5, 0.6) is 5.75 Å². The van der Waals surface area contributed by atoms with Crippen LogP contribution < -0.4 is 0 Å². The van der Waals surface area contributed by atoms with E-state index in [1.165, 1.54) is 6.07 Å². The van der Waals surface area contributed by atoms with Gasteiger partial charge >= 0.3 is 0 Å². The normalized spacial score (nSPS) is 11.0. The molecule has 3 rings (SSSR count). The first-order chi connectivity index (χ1) is 8.65. The van der Waals surface area contributed by atoms with Crippen LogP contribution in [0.25, 0.3) is 22.3 Å². The van der Waals surface area contributed by atoms with Crippen LogP contribution in [0.1, 0.15) is 5.69 Å². The molecule has 0 bridgehead atoms. The number of pyridine rings is 1. The fourth-order valence-corrected chi connectivity index (χ4v) is 1.99. The molecule has 0 saturated carbocycles. The van der Waals surface area contributed by atoms with Gasteiger partial charge in [0.2, 0.25) is 0 Å². The molecule has 3 aromatic rings. The lowest BCUT2D eigenvalue weighted by molar-refractivity contribution is 0.474. The first-order valence-electron chi connectivity index (χ1n) is 5.59. The van der Waals surface area contributed by atoms with E-state index in [2.05, 4.69) is 9.97 Å². The monoisotopic (exact) mass is 242 g/mol. The molecular weight excluding hydrogens is 231 g/mol. The average molecular weight is 242 g/mol. The van der Waals surface area contributed by atoms with Crippen molar-refractivity contribution in [3.63, 3.8) is 0 Å². The Labute approximate surface area is 103 Å². The molecule has 18 heavy (non-hydrogen) atoms. The van der Waals surface area contributed by atoms with E-state index in [4.69, 9.17) is 0 Å². The maximum absolute atomic E-state index is 13.6. The number of fused-ring (bicyclic) bond motifs is 1. The van der Waals surface area contributed by atoms with Gasteiger partial charge in [0, 0.05) is 16.6 Å². The number of H-pyrrole nitrogens is 1. The SMILES string of the molecule is Cc1ccc(O)c(-c2cc3c(F)cccc3[nH]2)n1. The van der Waals surface area contributed by atoms with Gasteiger partial charge in [0.05, 0.1) is 5.69 Å². The van der Waals surface area contributed by atoms with E-state index in [1.807, 2.05) is 6.92 Å². The van der Waals surface area contributed by atoms with Gasteiger partial charge in [0.15, 0.2) is 0 Å². The molecule has 0 aliphatic carbocycles. The zero-order valence-corrected chi connectivity index (χ0v) is 9.74. The predicted molar refractivity (Wildman–Crippen MR) is 67.9 cm³/mol. The lowest BCUT2D eigenvalue weighted by atomic mass is 10.2. The van der Waals surface area contributed by atoms with Crippen LogP contribution in [-0.2, 0) is 0 Å². The van der Waals surface area contributed by atoms with E-state index in [1.54, 1.807) is 30.3 Å². The molecule has 0 radical (unpaired) electrons. The number of nitrogens with zero attached hydrogens (tertiary/aromatic N) is 1. The number of halogens is 1. The summed E-state index contributed by atoms with van der Waals surface area (Å²) in [5, 5.41) is 10.3. The second-order valence-electron chi connectivity index (χ2n) is 4.20. The van der Waals surface area contributed by atoms with Gasteiger partial charge in [-0.15, -0.1) is 0 Å². The van der Waals surface area contributed by atoms with Crippen molar-refractivity contribution in [3.8, 4) is 17.1 Å². The Hall–Kier alpha value is -2.36. The Morgan fingerprint density at radius 2 is 2.06 bits per heavy atom. The Kier molecular flexibility index (Phi) is 2.30. The van der Waals surface area contributed by atoms with Crippen molar-refractivity contribution in [1.29, 1.82) is 0 Å². The van der Waals surface area contributed by atoms with Gasteiger partial charge in [0.25, 0.3) is 0 Å². The number of aromatic hydroxyl groups is 1. The molecule has 3 nitrogen and oxygen atoms in total. The summed E-state index contributed by atoms with van der Waals surface area (Å²) >= 11 is 0. The molecule has 4 heteroatoms. The minimum atomic E-state index is -0.290. The lowest BCUT2D eigenvalue weighted by Gasteiger charge is -2.01. The lowest BCUT2D eigenvalue weighted by Crippen LogP contribution is -1.87. The van der Waals surface area contributed by atoms with E-state index < -0.39 is 0 Å². The first kappa shape index (κ1) is 10.8. The number of hydrogen-bond acceptors (Lipinski definition) is 2. The summed E-state index contributed by atoms with van der Waals surface area (Å²) in [4.78, 5) is 7.32. The number of aromatic amines is 1. The Morgan fingerprint density at radius 1 is 1.22 bits per heavy atom. The summed E-state index contributed by atoms with van der Waals surface area (Å²) in [6.07, 6.45) is 0. The van der Waals surface area contributed by atoms with Crippen LogP contribution in [0.3, 0.4) is 0 Å². The van der Waals surface area contributed by atoms with Crippen LogP contribution in [0.4, 0.5) is 4.39 Å². The molecule has 0 aliphatic rings. The minimum Gasteiger partial charge on any atom is -0.506 e. The van der Waals surface area contributed by atoms with Crippen molar-refractivity contribution in [2.75, 3.05) is 0 Å². The summed E-state index contributed by atoms with van der Waals surface area (Å²) in [7, 11) is 0. The molecule has 2 aromatic heterocycles. The molecule has 0 spiro atoms. The quantitative estimate of drug-likeness (QED) is 0.687. The van der Waals surface area contributed by atoms with E-state index in [0.29, 0.717) is 22.3 Å². The molecule has 0 fully saturated rings. The number of benzene rings is 1. The molecule has 90 valence electrons. The summed E-state index contributed by atoms with van der Waals surface area (Å²) in [6.45, 7) is 1.84. The van der Waals surface area contributed by atoms with E-state index in [9.17, 15) is 9.50 Å². The van der Waals surface area contributed by atoms with Gasteiger partial charge in [-0.05, 0) is 37.3 Å². The van der Waals surface area contributed by atoms with Crippen molar-refractivity contribution >= 4 is 10.9 Å². The maximum atomic E-state index is 13.6. The Balaban J connectivity index is 2.26. The highest BCUT2D eigenvalue weighted by Crippen LogP contribution is 2.30. The number of rotatable bonds is 1. The highest BCUT2D eigenvalue weighted by Gasteiger charge is 2.11. The van der Waals surface area contributed by atoms with E-state index in [-0.39, 0.29) is 11.6 Å². The number of aryl methyl sites for hydroxylation is 1. The molecule has 0 saturated heterocycles. The summed E-state index contributed by atoms with van der Waals surface area (Å²) in [5.74, 6) is -0.213. The zero-order valence-electron chi connectivity index (χ0n) is 9.74. The summed E-state index contributed by atoms with van der Waals surface area (Å²) in [6, 6.07) is 9.80. The van der Waals surface area contributed by atoms with Crippen molar-refractivity contribution in [2.45, 2.75) is 6.92 Å². The third-order valence-electron chi connectivity index (χ3n) is 2.88. The molecule has 0 unspecified atom stereocenters. The highest BCUT2D eigenvalue weighted by atomic mass is 19.1. The van der Waals surface area contributed by atoms with Crippen molar-refractivity contribution in [1.82, 2.24) is 9.97 Å². The molecule has 2 heterocycles. The second kappa shape index (κ2) is 3.84. The first-order valence-corrected chi connectivity index (χ1v) is 5.59. The van der Waals surface area contributed by atoms with Gasteiger partial charge in [-0.2, -0.15) is 0 Å². The molecule has 0 aliphatic heterocycles. The van der Waals surface area contributed by atoms with Crippen molar-refractivity contribution < 1.29 is 9.50 Å². The third kappa shape index (κ3) is 1.62. The fraction of sp³-hybridized carbons (Fsp3) is 0.0714. The predicted octanol–water partition coefficient (Wildman–Crippen LogP) is 3.38. The summed E-state index contributed by atoms with van der Waals surface area (Å²) < 4.78 is 13.6. The topological polar surface area (TPSA) is 48.9 Å². The van der Waals surface area contributed by atoms with Crippen LogP contribution in [-0.4, -0.2) is 15.1 Å². The largest absolute Gasteiger partial charge is 0.506 e. The van der Waals surface area contributed by atoms with E-state index >= 15 is 0 Å². The Bertz CT molecular complexity index is 734. The highest BCUT2D eigenvalue weighted by molar-refractivity contribution is 5.86. The smallest absolute Gasteiger partial charge is 0.143 e. The number of hydrogen-bond donors (Lipinski definition) is 2.